The molecule has 0 heterocycles. The van der Waals surface area contributed by atoms with E-state index in [4.69, 9.17) is 4.84 Å². The van der Waals surface area contributed by atoms with Gasteiger partial charge in [0.2, 0.25) is 5.91 Å². The molecule has 0 aliphatic carbocycles. The van der Waals surface area contributed by atoms with Crippen molar-refractivity contribution in [2.45, 2.75) is 53.4 Å². The average molecular weight is 312 g/mol. The van der Waals surface area contributed by atoms with E-state index in [2.05, 4.69) is 11.9 Å². The van der Waals surface area contributed by atoms with Crippen LogP contribution in [0.3, 0.4) is 0 Å². The van der Waals surface area contributed by atoms with E-state index < -0.39 is 5.97 Å². The van der Waals surface area contributed by atoms with Gasteiger partial charge in [0.25, 0.3) is 5.91 Å². The molecular weight excluding hydrogens is 284 g/mol. The average Bonchev–Trinajstić information content (AvgIpc) is 2.39. The van der Waals surface area contributed by atoms with Gasteiger partial charge in [0.15, 0.2) is 0 Å². The fraction of sp³-hybridized carbons (Fsp3) is 0.688. The van der Waals surface area contributed by atoms with Gasteiger partial charge >= 0.3 is 5.97 Å². The van der Waals surface area contributed by atoms with Gasteiger partial charge in [-0.25, -0.2) is 4.79 Å². The molecule has 22 heavy (non-hydrogen) atoms. The third-order valence-electron chi connectivity index (χ3n) is 2.81. The Balaban J connectivity index is 4.28. The smallest absolute Gasteiger partial charge is 0.356 e. The number of hydroxylamine groups is 2. The zero-order valence-corrected chi connectivity index (χ0v) is 14.1. The number of carbonyl (C=O) groups excluding carboxylic acids is 3. The van der Waals surface area contributed by atoms with Crippen LogP contribution < -0.4 is 5.32 Å². The van der Waals surface area contributed by atoms with Gasteiger partial charge in [0, 0.05) is 25.5 Å². The Morgan fingerprint density at radius 1 is 1.14 bits per heavy atom. The van der Waals surface area contributed by atoms with Crippen LogP contribution in [0.5, 0.6) is 0 Å². The van der Waals surface area contributed by atoms with Crippen molar-refractivity contribution in [2.24, 2.45) is 5.92 Å². The van der Waals surface area contributed by atoms with Crippen molar-refractivity contribution in [3.8, 4) is 0 Å². The second kappa shape index (κ2) is 10.8. The second-order valence-electron chi connectivity index (χ2n) is 5.80. The van der Waals surface area contributed by atoms with Gasteiger partial charge < -0.3 is 10.2 Å². The first kappa shape index (κ1) is 20.1. The Bertz CT molecular complexity index is 405. The Hall–Kier alpha value is -1.85. The van der Waals surface area contributed by atoms with Gasteiger partial charge in [-0.15, -0.1) is 0 Å². The van der Waals surface area contributed by atoms with Gasteiger partial charge in [-0.05, 0) is 32.1 Å². The molecular formula is C16H28N2O4. The van der Waals surface area contributed by atoms with Gasteiger partial charge in [0.05, 0.1) is 6.54 Å². The van der Waals surface area contributed by atoms with Crippen molar-refractivity contribution in [3.63, 3.8) is 0 Å². The maximum absolute atomic E-state index is 12.1. The van der Waals surface area contributed by atoms with Crippen molar-refractivity contribution in [1.29, 1.82) is 0 Å². The zero-order chi connectivity index (χ0) is 17.1. The quantitative estimate of drug-likeness (QED) is 0.402. The summed E-state index contributed by atoms with van der Waals surface area (Å²) < 4.78 is 0. The van der Waals surface area contributed by atoms with E-state index in [-0.39, 0.29) is 23.3 Å². The van der Waals surface area contributed by atoms with Crippen LogP contribution in [-0.2, 0) is 19.2 Å². The van der Waals surface area contributed by atoms with Crippen molar-refractivity contribution in [2.75, 3.05) is 13.1 Å². The lowest BCUT2D eigenvalue weighted by molar-refractivity contribution is -0.195. The molecule has 0 aromatic heterocycles. The highest BCUT2D eigenvalue weighted by atomic mass is 16.7. The Labute approximate surface area is 132 Å². The molecule has 0 radical (unpaired) electrons. The summed E-state index contributed by atoms with van der Waals surface area (Å²) in [5.74, 6) is -0.649. The molecule has 0 aliphatic rings. The third-order valence-corrected chi connectivity index (χ3v) is 2.81. The highest BCUT2D eigenvalue weighted by Gasteiger charge is 2.19. The maximum Gasteiger partial charge on any atom is 0.358 e. The first-order valence-electron chi connectivity index (χ1n) is 7.66. The summed E-state index contributed by atoms with van der Waals surface area (Å²) in [6, 6.07) is 0. The molecule has 6 nitrogen and oxygen atoms in total. The van der Waals surface area contributed by atoms with Gasteiger partial charge in [-0.2, -0.15) is 5.06 Å². The summed E-state index contributed by atoms with van der Waals surface area (Å²) in [5.41, 5.74) is 0.257. The molecule has 0 aliphatic heterocycles. The Kier molecular flexibility index (Phi) is 9.91. The van der Waals surface area contributed by atoms with Crippen LogP contribution in [0.15, 0.2) is 12.2 Å². The minimum atomic E-state index is -0.588. The van der Waals surface area contributed by atoms with Crippen LogP contribution in [0.4, 0.5) is 0 Å². The topological polar surface area (TPSA) is 75.7 Å². The highest BCUT2D eigenvalue weighted by molar-refractivity contribution is 5.88. The SMILES string of the molecule is C=C(C)C(=O)ON(CCCCCNC(C)=O)C(=O)CC(C)C. The molecule has 0 saturated heterocycles. The van der Waals surface area contributed by atoms with Crippen molar-refractivity contribution >= 4 is 17.8 Å². The number of carbonyl (C=O) groups is 3. The molecule has 6 heteroatoms. The number of nitrogens with zero attached hydrogens (tertiary/aromatic N) is 1. The standard InChI is InChI=1S/C16H28N2O4/c1-12(2)11-15(20)18(22-16(21)13(3)4)10-8-6-7-9-17-14(5)19/h12H,3,6-11H2,1-2,4-5H3,(H,17,19). The van der Waals surface area contributed by atoms with E-state index >= 15 is 0 Å². The van der Waals surface area contributed by atoms with E-state index in [0.29, 0.717) is 25.9 Å². The molecule has 0 saturated carbocycles. The third kappa shape index (κ3) is 9.96. The molecule has 0 fully saturated rings. The van der Waals surface area contributed by atoms with Crippen molar-refractivity contribution in [1.82, 2.24) is 10.4 Å². The van der Waals surface area contributed by atoms with Crippen LogP contribution in [0.2, 0.25) is 0 Å². The zero-order valence-electron chi connectivity index (χ0n) is 14.1. The summed E-state index contributed by atoms with van der Waals surface area (Å²) >= 11 is 0. The monoisotopic (exact) mass is 312 g/mol. The van der Waals surface area contributed by atoms with E-state index in [1.807, 2.05) is 13.8 Å². The summed E-state index contributed by atoms with van der Waals surface area (Å²) in [7, 11) is 0. The summed E-state index contributed by atoms with van der Waals surface area (Å²) in [5, 5.41) is 3.85. The predicted octanol–water partition coefficient (Wildman–Crippen LogP) is 2.20. The molecule has 1 N–H and O–H groups in total. The van der Waals surface area contributed by atoms with Gasteiger partial charge in [-0.3, -0.25) is 9.59 Å². The van der Waals surface area contributed by atoms with E-state index in [0.717, 1.165) is 17.9 Å². The van der Waals surface area contributed by atoms with Gasteiger partial charge in [-0.1, -0.05) is 20.4 Å². The molecule has 126 valence electrons. The maximum atomic E-state index is 12.1. The first-order chi connectivity index (χ1) is 10.2. The minimum Gasteiger partial charge on any atom is -0.356 e. The fourth-order valence-electron chi connectivity index (χ4n) is 1.67. The molecule has 0 aromatic rings. The van der Waals surface area contributed by atoms with Crippen molar-refractivity contribution in [3.05, 3.63) is 12.2 Å². The number of unbranched alkanes of at least 4 members (excludes halogenated alkanes) is 2. The molecule has 0 spiro atoms. The van der Waals surface area contributed by atoms with E-state index in [1.54, 1.807) is 6.92 Å². The second-order valence-corrected chi connectivity index (χ2v) is 5.80. The molecule has 0 bridgehead atoms. The molecule has 0 unspecified atom stereocenters. The highest BCUT2D eigenvalue weighted by Crippen LogP contribution is 2.09. The largest absolute Gasteiger partial charge is 0.358 e. The molecule has 0 aromatic carbocycles. The Morgan fingerprint density at radius 3 is 2.27 bits per heavy atom. The summed E-state index contributed by atoms with van der Waals surface area (Å²) in [6.07, 6.45) is 2.68. The van der Waals surface area contributed by atoms with Gasteiger partial charge in [0.1, 0.15) is 0 Å². The lowest BCUT2D eigenvalue weighted by atomic mass is 10.1. The molecule has 0 atom stereocenters. The first-order valence-corrected chi connectivity index (χ1v) is 7.66. The van der Waals surface area contributed by atoms with Crippen molar-refractivity contribution < 1.29 is 19.2 Å². The predicted molar refractivity (Wildman–Crippen MR) is 84.6 cm³/mol. The Morgan fingerprint density at radius 2 is 1.77 bits per heavy atom. The van der Waals surface area contributed by atoms with Crippen LogP contribution in [0, 0.1) is 5.92 Å². The van der Waals surface area contributed by atoms with E-state index in [9.17, 15) is 14.4 Å². The number of hydrogen-bond acceptors (Lipinski definition) is 4. The van der Waals surface area contributed by atoms with E-state index in [1.165, 1.54) is 6.92 Å². The lowest BCUT2D eigenvalue weighted by Crippen LogP contribution is -2.35. The normalized spacial score (nSPS) is 10.2. The fourth-order valence-corrected chi connectivity index (χ4v) is 1.67. The van der Waals surface area contributed by atoms with Crippen LogP contribution >= 0.6 is 0 Å². The van der Waals surface area contributed by atoms with Crippen LogP contribution in [0.1, 0.15) is 53.4 Å². The summed E-state index contributed by atoms with van der Waals surface area (Å²) in [4.78, 5) is 39.5. The molecule has 0 rings (SSSR count). The number of rotatable bonds is 9. The molecule has 2 amide bonds. The number of amides is 2. The summed E-state index contributed by atoms with van der Waals surface area (Å²) in [6.45, 7) is 11.4. The van der Waals surface area contributed by atoms with Crippen LogP contribution in [0.25, 0.3) is 0 Å². The minimum absolute atomic E-state index is 0.0517. The van der Waals surface area contributed by atoms with Crippen LogP contribution in [-0.4, -0.2) is 35.9 Å². The number of hydrogen-bond donors (Lipinski definition) is 1. The number of nitrogens with one attached hydrogen (secondary N) is 1. The lowest BCUT2D eigenvalue weighted by Gasteiger charge is -2.22.